The van der Waals surface area contributed by atoms with Crippen molar-refractivity contribution in [2.45, 2.75) is 53.1 Å². The number of rotatable bonds is 3. The van der Waals surface area contributed by atoms with Gasteiger partial charge in [0.25, 0.3) is 0 Å². The Morgan fingerprint density at radius 3 is 2.73 bits per heavy atom. The van der Waals surface area contributed by atoms with Crippen LogP contribution in [0.2, 0.25) is 0 Å². The minimum atomic E-state index is -0.205. The Bertz CT molecular complexity index is 630. The molecular formula is C18H27N3S. The van der Waals surface area contributed by atoms with Gasteiger partial charge in [-0.25, -0.2) is 4.98 Å². The Kier molecular flexibility index (Phi) is 5.24. The van der Waals surface area contributed by atoms with Gasteiger partial charge < -0.3 is 10.3 Å². The highest BCUT2D eigenvalue weighted by atomic mass is 32.1. The van der Waals surface area contributed by atoms with Gasteiger partial charge in [0, 0.05) is 36.0 Å². The molecule has 3 rings (SSSR count). The maximum atomic E-state index is 6.17. The Morgan fingerprint density at radius 2 is 2.14 bits per heavy atom. The molecule has 2 N–H and O–H groups in total. The normalized spacial score (nSPS) is 17.4. The molecule has 4 heteroatoms. The topological polar surface area (TPSA) is 43.8 Å². The summed E-state index contributed by atoms with van der Waals surface area (Å²) in [5, 5.41) is 4.31. The number of imidazole rings is 1. The summed E-state index contributed by atoms with van der Waals surface area (Å²) >= 11 is 1.73. The van der Waals surface area contributed by atoms with E-state index in [2.05, 4.69) is 53.2 Å². The summed E-state index contributed by atoms with van der Waals surface area (Å²) in [6.07, 6.45) is 5.17. The number of hydrogen-bond donors (Lipinski definition) is 1. The second kappa shape index (κ2) is 6.80. The van der Waals surface area contributed by atoms with Crippen LogP contribution in [-0.2, 0) is 13.0 Å². The molecule has 2 aromatic heterocycles. The SMILES string of the molecule is CC.CC1C=C(c2ccsc2)c2ncc(CC(C)(C)N)n2C1. The first-order valence-corrected chi connectivity index (χ1v) is 8.96. The van der Waals surface area contributed by atoms with Crippen molar-refractivity contribution in [1.82, 2.24) is 9.55 Å². The Morgan fingerprint density at radius 1 is 1.41 bits per heavy atom. The van der Waals surface area contributed by atoms with Crippen LogP contribution in [0.1, 0.15) is 51.7 Å². The number of thiophene rings is 1. The van der Waals surface area contributed by atoms with Crippen LogP contribution in [0.3, 0.4) is 0 Å². The summed E-state index contributed by atoms with van der Waals surface area (Å²) in [5.41, 5.74) is 9.73. The number of aromatic nitrogens is 2. The first-order chi connectivity index (χ1) is 10.4. The van der Waals surface area contributed by atoms with Crippen LogP contribution >= 0.6 is 11.3 Å². The lowest BCUT2D eigenvalue weighted by atomic mass is 9.97. The molecule has 1 atom stereocenters. The van der Waals surface area contributed by atoms with Crippen molar-refractivity contribution in [2.75, 3.05) is 0 Å². The fraction of sp³-hybridized carbons (Fsp3) is 0.500. The number of nitrogens with zero attached hydrogens (tertiary/aromatic N) is 2. The van der Waals surface area contributed by atoms with Crippen LogP contribution < -0.4 is 5.73 Å². The van der Waals surface area contributed by atoms with E-state index in [1.165, 1.54) is 16.8 Å². The van der Waals surface area contributed by atoms with Crippen molar-refractivity contribution in [3.05, 3.63) is 46.2 Å². The van der Waals surface area contributed by atoms with Crippen LogP contribution in [-0.4, -0.2) is 15.1 Å². The minimum absolute atomic E-state index is 0.205. The van der Waals surface area contributed by atoms with Gasteiger partial charge in [-0.1, -0.05) is 26.8 Å². The third-order valence-corrected chi connectivity index (χ3v) is 4.25. The molecule has 0 spiro atoms. The van der Waals surface area contributed by atoms with Crippen molar-refractivity contribution >= 4 is 16.9 Å². The lowest BCUT2D eigenvalue weighted by molar-refractivity contribution is 0.473. The Labute approximate surface area is 137 Å². The molecular weight excluding hydrogens is 290 g/mol. The number of nitrogens with two attached hydrogens (primary N) is 1. The molecule has 0 saturated heterocycles. The van der Waals surface area contributed by atoms with Crippen molar-refractivity contribution in [2.24, 2.45) is 11.7 Å². The van der Waals surface area contributed by atoms with E-state index in [4.69, 9.17) is 5.73 Å². The second-order valence-corrected chi connectivity index (χ2v) is 7.20. The quantitative estimate of drug-likeness (QED) is 0.915. The maximum Gasteiger partial charge on any atom is 0.140 e. The molecule has 3 nitrogen and oxygen atoms in total. The van der Waals surface area contributed by atoms with Gasteiger partial charge in [0.15, 0.2) is 0 Å². The van der Waals surface area contributed by atoms with Gasteiger partial charge in [0.1, 0.15) is 5.82 Å². The van der Waals surface area contributed by atoms with Gasteiger partial charge in [-0.15, -0.1) is 0 Å². The highest BCUT2D eigenvalue weighted by Crippen LogP contribution is 2.31. The zero-order valence-corrected chi connectivity index (χ0v) is 15.1. The highest BCUT2D eigenvalue weighted by molar-refractivity contribution is 7.08. The maximum absolute atomic E-state index is 6.17. The van der Waals surface area contributed by atoms with Gasteiger partial charge in [-0.2, -0.15) is 11.3 Å². The van der Waals surface area contributed by atoms with Gasteiger partial charge in [-0.3, -0.25) is 0 Å². The zero-order chi connectivity index (χ0) is 16.3. The molecule has 1 unspecified atom stereocenters. The Balaban J connectivity index is 0.000000847. The average molecular weight is 318 g/mol. The van der Waals surface area contributed by atoms with Crippen LogP contribution in [0.5, 0.6) is 0 Å². The molecule has 0 aromatic carbocycles. The fourth-order valence-electron chi connectivity index (χ4n) is 2.78. The molecule has 1 aliphatic rings. The van der Waals surface area contributed by atoms with Crippen LogP contribution in [0.15, 0.2) is 29.1 Å². The van der Waals surface area contributed by atoms with E-state index in [1.54, 1.807) is 11.3 Å². The summed E-state index contributed by atoms with van der Waals surface area (Å²) in [6, 6.07) is 2.17. The van der Waals surface area contributed by atoms with Gasteiger partial charge in [0.05, 0.1) is 0 Å². The smallest absolute Gasteiger partial charge is 0.140 e. The lowest BCUT2D eigenvalue weighted by Crippen LogP contribution is -2.35. The molecule has 1 aliphatic heterocycles. The molecule has 0 fully saturated rings. The van der Waals surface area contributed by atoms with Gasteiger partial charge >= 0.3 is 0 Å². The first-order valence-electron chi connectivity index (χ1n) is 8.02. The van der Waals surface area contributed by atoms with E-state index in [0.29, 0.717) is 5.92 Å². The summed E-state index contributed by atoms with van der Waals surface area (Å²) in [6.45, 7) is 11.4. The number of fused-ring (bicyclic) bond motifs is 1. The monoisotopic (exact) mass is 317 g/mol. The zero-order valence-electron chi connectivity index (χ0n) is 14.3. The van der Waals surface area contributed by atoms with E-state index in [1.807, 2.05) is 20.0 Å². The highest BCUT2D eigenvalue weighted by Gasteiger charge is 2.24. The molecule has 2 aromatic rings. The average Bonchev–Trinajstić information content (AvgIpc) is 3.09. The predicted molar refractivity (Wildman–Crippen MR) is 96.1 cm³/mol. The van der Waals surface area contributed by atoms with Crippen molar-refractivity contribution < 1.29 is 0 Å². The fourth-order valence-corrected chi connectivity index (χ4v) is 3.44. The summed E-state index contributed by atoms with van der Waals surface area (Å²) < 4.78 is 2.34. The second-order valence-electron chi connectivity index (χ2n) is 6.42. The van der Waals surface area contributed by atoms with E-state index in [0.717, 1.165) is 18.8 Å². The third-order valence-electron chi connectivity index (χ3n) is 3.57. The molecule has 0 saturated carbocycles. The number of allylic oxidation sites excluding steroid dienone is 1. The molecule has 0 bridgehead atoms. The van der Waals surface area contributed by atoms with Crippen LogP contribution in [0, 0.1) is 5.92 Å². The largest absolute Gasteiger partial charge is 0.327 e. The minimum Gasteiger partial charge on any atom is -0.327 e. The lowest BCUT2D eigenvalue weighted by Gasteiger charge is -2.25. The molecule has 22 heavy (non-hydrogen) atoms. The summed E-state index contributed by atoms with van der Waals surface area (Å²) in [5.74, 6) is 1.60. The van der Waals surface area contributed by atoms with Gasteiger partial charge in [-0.05, 0) is 42.2 Å². The first kappa shape index (κ1) is 17.0. The predicted octanol–water partition coefficient (Wildman–Crippen LogP) is 4.33. The molecule has 0 amide bonds. The van der Waals surface area contributed by atoms with Crippen molar-refractivity contribution in [1.29, 1.82) is 0 Å². The van der Waals surface area contributed by atoms with Crippen molar-refractivity contribution in [3.8, 4) is 0 Å². The molecule has 0 radical (unpaired) electrons. The number of hydrogen-bond acceptors (Lipinski definition) is 3. The summed E-state index contributed by atoms with van der Waals surface area (Å²) in [7, 11) is 0. The summed E-state index contributed by atoms with van der Waals surface area (Å²) in [4.78, 5) is 4.66. The third kappa shape index (κ3) is 3.68. The van der Waals surface area contributed by atoms with Gasteiger partial charge in [0.2, 0.25) is 0 Å². The van der Waals surface area contributed by atoms with Crippen LogP contribution in [0.4, 0.5) is 0 Å². The van der Waals surface area contributed by atoms with Crippen LogP contribution in [0.25, 0.3) is 5.57 Å². The van der Waals surface area contributed by atoms with E-state index in [9.17, 15) is 0 Å². The van der Waals surface area contributed by atoms with E-state index < -0.39 is 0 Å². The van der Waals surface area contributed by atoms with Crippen molar-refractivity contribution in [3.63, 3.8) is 0 Å². The molecule has 3 heterocycles. The molecule has 0 aliphatic carbocycles. The van der Waals surface area contributed by atoms with E-state index in [-0.39, 0.29) is 5.54 Å². The molecule has 120 valence electrons. The Hall–Kier alpha value is -1.39. The van der Waals surface area contributed by atoms with E-state index >= 15 is 0 Å². The standard InChI is InChI=1S/C16H21N3S.C2H6/c1-11-6-14(12-4-5-20-10-12)15-18-8-13(19(15)9-11)7-16(2,3)17;1-2/h4-6,8,10-11H,7,9,17H2,1-3H3;1-2H3.